The maximum absolute atomic E-state index is 4.16. The maximum atomic E-state index is 4.16. The number of thiol groups is 1. The minimum absolute atomic E-state index is 0.998. The highest BCUT2D eigenvalue weighted by Crippen LogP contribution is 2.21. The molecule has 0 fully saturated rings. The van der Waals surface area contributed by atoms with Crippen molar-refractivity contribution >= 4 is 22.5 Å². The number of hydrogen-bond donors (Lipinski definition) is 1. The summed E-state index contributed by atoms with van der Waals surface area (Å²) in [4.78, 5) is 1.19. The SMILES string of the molecule is SSc1ccc(Cc2ccccc2)cc1. The van der Waals surface area contributed by atoms with Crippen molar-refractivity contribution in [2.24, 2.45) is 0 Å². The molecule has 0 radical (unpaired) electrons. The molecule has 0 aliphatic rings. The van der Waals surface area contributed by atoms with Gasteiger partial charge in [-0.15, -0.1) is 11.7 Å². The molecule has 0 atom stereocenters. The van der Waals surface area contributed by atoms with Crippen molar-refractivity contribution in [3.8, 4) is 0 Å². The van der Waals surface area contributed by atoms with Gasteiger partial charge >= 0.3 is 0 Å². The Morgan fingerprint density at radius 1 is 0.800 bits per heavy atom. The summed E-state index contributed by atoms with van der Waals surface area (Å²) in [6.45, 7) is 0. The zero-order chi connectivity index (χ0) is 10.5. The van der Waals surface area contributed by atoms with E-state index in [0.29, 0.717) is 0 Å². The van der Waals surface area contributed by atoms with Gasteiger partial charge in [0.2, 0.25) is 0 Å². The second-order valence-electron chi connectivity index (χ2n) is 3.40. The smallest absolute Gasteiger partial charge is 0.0180 e. The molecule has 0 saturated heterocycles. The largest absolute Gasteiger partial charge is 0.106 e. The first-order valence-corrected chi connectivity index (χ1v) is 6.69. The standard InChI is InChI=1S/C13H12S2/c14-15-13-8-6-12(7-9-13)10-11-4-2-1-3-5-11/h1-9,14H,10H2. The molecule has 0 aliphatic carbocycles. The van der Waals surface area contributed by atoms with Crippen LogP contribution >= 0.6 is 22.5 Å². The highest BCUT2D eigenvalue weighted by molar-refractivity contribution is 8.68. The number of rotatable bonds is 3. The summed E-state index contributed by atoms with van der Waals surface area (Å²) in [5, 5.41) is 0. The quantitative estimate of drug-likeness (QED) is 0.611. The van der Waals surface area contributed by atoms with Crippen LogP contribution in [0.1, 0.15) is 11.1 Å². The van der Waals surface area contributed by atoms with E-state index >= 15 is 0 Å². The predicted octanol–water partition coefficient (Wildman–Crippen LogP) is 4.21. The maximum Gasteiger partial charge on any atom is 0.0180 e. The molecule has 0 spiro atoms. The highest BCUT2D eigenvalue weighted by Gasteiger charge is 1.95. The van der Waals surface area contributed by atoms with Crippen molar-refractivity contribution in [1.29, 1.82) is 0 Å². The molecule has 2 aromatic rings. The topological polar surface area (TPSA) is 0 Å². The molecule has 0 aromatic heterocycles. The van der Waals surface area contributed by atoms with E-state index in [4.69, 9.17) is 0 Å². The summed E-state index contributed by atoms with van der Waals surface area (Å²) in [5.41, 5.74) is 2.69. The second-order valence-corrected chi connectivity index (χ2v) is 4.60. The van der Waals surface area contributed by atoms with Crippen molar-refractivity contribution in [1.82, 2.24) is 0 Å². The Bertz CT molecular complexity index is 406. The lowest BCUT2D eigenvalue weighted by molar-refractivity contribution is 1.18. The first-order chi connectivity index (χ1) is 7.38. The summed E-state index contributed by atoms with van der Waals surface area (Å²) in [6.07, 6.45) is 0.998. The van der Waals surface area contributed by atoms with Gasteiger partial charge in [0, 0.05) is 4.90 Å². The Labute approximate surface area is 99.5 Å². The number of hydrogen-bond acceptors (Lipinski definition) is 2. The van der Waals surface area contributed by atoms with Crippen LogP contribution in [0, 0.1) is 0 Å². The fraction of sp³-hybridized carbons (Fsp3) is 0.0769. The van der Waals surface area contributed by atoms with Gasteiger partial charge in [-0.3, -0.25) is 0 Å². The van der Waals surface area contributed by atoms with Gasteiger partial charge < -0.3 is 0 Å². The van der Waals surface area contributed by atoms with Crippen molar-refractivity contribution in [3.63, 3.8) is 0 Å². The summed E-state index contributed by atoms with van der Waals surface area (Å²) >= 11 is 4.16. The Hall–Kier alpha value is -0.860. The van der Waals surface area contributed by atoms with Crippen LogP contribution in [-0.4, -0.2) is 0 Å². The molecule has 2 rings (SSSR count). The molecular weight excluding hydrogens is 220 g/mol. The van der Waals surface area contributed by atoms with E-state index in [2.05, 4.69) is 60.2 Å². The van der Waals surface area contributed by atoms with E-state index in [-0.39, 0.29) is 0 Å². The molecule has 2 aromatic carbocycles. The van der Waals surface area contributed by atoms with Crippen LogP contribution in [0.5, 0.6) is 0 Å². The molecule has 0 saturated carbocycles. The molecule has 76 valence electrons. The van der Waals surface area contributed by atoms with Gasteiger partial charge in [-0.2, -0.15) is 0 Å². The average molecular weight is 232 g/mol. The summed E-state index contributed by atoms with van der Waals surface area (Å²) in [7, 11) is 1.48. The lowest BCUT2D eigenvalue weighted by atomic mass is 10.1. The molecule has 0 N–H and O–H groups in total. The third-order valence-corrected chi connectivity index (χ3v) is 3.40. The van der Waals surface area contributed by atoms with Crippen LogP contribution in [-0.2, 0) is 6.42 Å². The molecule has 0 unspecified atom stereocenters. The Morgan fingerprint density at radius 3 is 2.00 bits per heavy atom. The van der Waals surface area contributed by atoms with Crippen LogP contribution in [0.2, 0.25) is 0 Å². The monoisotopic (exact) mass is 232 g/mol. The number of benzene rings is 2. The molecule has 2 heteroatoms. The molecule has 0 aliphatic heterocycles. The fourth-order valence-corrected chi connectivity index (χ4v) is 2.12. The Morgan fingerprint density at radius 2 is 1.40 bits per heavy atom. The van der Waals surface area contributed by atoms with Gasteiger partial charge in [-0.05, 0) is 29.7 Å². The van der Waals surface area contributed by atoms with E-state index < -0.39 is 0 Å². The van der Waals surface area contributed by atoms with Crippen LogP contribution in [0.15, 0.2) is 59.5 Å². The second kappa shape index (κ2) is 5.29. The van der Waals surface area contributed by atoms with E-state index in [1.807, 2.05) is 6.07 Å². The van der Waals surface area contributed by atoms with Crippen molar-refractivity contribution in [2.45, 2.75) is 11.3 Å². The van der Waals surface area contributed by atoms with Gasteiger partial charge in [0.15, 0.2) is 0 Å². The van der Waals surface area contributed by atoms with Crippen LogP contribution in [0.25, 0.3) is 0 Å². The zero-order valence-electron chi connectivity index (χ0n) is 8.26. The summed E-state index contributed by atoms with van der Waals surface area (Å²) in [6, 6.07) is 19.0. The first kappa shape index (κ1) is 10.7. The Kier molecular flexibility index (Phi) is 3.75. The zero-order valence-corrected chi connectivity index (χ0v) is 9.97. The van der Waals surface area contributed by atoms with E-state index in [1.54, 1.807) is 0 Å². The predicted molar refractivity (Wildman–Crippen MR) is 70.5 cm³/mol. The van der Waals surface area contributed by atoms with Gasteiger partial charge in [0.25, 0.3) is 0 Å². The minimum Gasteiger partial charge on any atom is -0.106 e. The fourth-order valence-electron chi connectivity index (χ4n) is 1.50. The molecule has 0 heterocycles. The third kappa shape index (κ3) is 3.05. The van der Waals surface area contributed by atoms with Crippen molar-refractivity contribution in [2.75, 3.05) is 0 Å². The van der Waals surface area contributed by atoms with Crippen LogP contribution in [0.3, 0.4) is 0 Å². The van der Waals surface area contributed by atoms with Gasteiger partial charge in [-0.1, -0.05) is 53.3 Å². The normalized spacial score (nSPS) is 10.2. The molecule has 0 nitrogen and oxygen atoms in total. The van der Waals surface area contributed by atoms with E-state index in [0.717, 1.165) is 6.42 Å². The lowest BCUT2D eigenvalue weighted by Gasteiger charge is -2.02. The molecule has 15 heavy (non-hydrogen) atoms. The van der Waals surface area contributed by atoms with Crippen molar-refractivity contribution < 1.29 is 0 Å². The summed E-state index contributed by atoms with van der Waals surface area (Å²) in [5.74, 6) is 0. The molecular formula is C13H12S2. The van der Waals surface area contributed by atoms with E-state index in [9.17, 15) is 0 Å². The molecule has 0 bridgehead atoms. The average Bonchev–Trinajstić information content (AvgIpc) is 2.31. The van der Waals surface area contributed by atoms with Crippen LogP contribution < -0.4 is 0 Å². The first-order valence-electron chi connectivity index (χ1n) is 4.83. The van der Waals surface area contributed by atoms with Gasteiger partial charge in [0.1, 0.15) is 0 Å². The third-order valence-electron chi connectivity index (χ3n) is 2.28. The highest BCUT2D eigenvalue weighted by atomic mass is 33.1. The Balaban J connectivity index is 2.11. The molecule has 0 amide bonds. The van der Waals surface area contributed by atoms with Crippen LogP contribution in [0.4, 0.5) is 0 Å². The van der Waals surface area contributed by atoms with E-state index in [1.165, 1.54) is 26.8 Å². The minimum atomic E-state index is 0.998. The van der Waals surface area contributed by atoms with Crippen molar-refractivity contribution in [3.05, 3.63) is 65.7 Å². The lowest BCUT2D eigenvalue weighted by Crippen LogP contribution is -1.86. The van der Waals surface area contributed by atoms with Gasteiger partial charge in [0.05, 0.1) is 0 Å². The summed E-state index contributed by atoms with van der Waals surface area (Å²) < 4.78 is 0. The van der Waals surface area contributed by atoms with Gasteiger partial charge in [-0.25, -0.2) is 0 Å².